The predicted octanol–water partition coefficient (Wildman–Crippen LogP) is 12.3. The van der Waals surface area contributed by atoms with Gasteiger partial charge in [-0.25, -0.2) is 0 Å². The third-order valence-corrected chi connectivity index (χ3v) is 10.8. The van der Waals surface area contributed by atoms with E-state index in [1.807, 2.05) is 0 Å². The first-order valence-corrected chi connectivity index (χ1v) is 19.2. The molecule has 252 valence electrons. The molecule has 0 saturated heterocycles. The molecule has 3 aliphatic rings. The number of hydrogen-bond acceptors (Lipinski definition) is 3. The molecule has 0 amide bonds. The van der Waals surface area contributed by atoms with Crippen LogP contribution < -0.4 is 14.2 Å². The average Bonchev–Trinajstić information content (AvgIpc) is 3.78. The summed E-state index contributed by atoms with van der Waals surface area (Å²) >= 11 is 0. The molecule has 0 heterocycles. The summed E-state index contributed by atoms with van der Waals surface area (Å²) in [5.74, 6) is 3.00. The van der Waals surface area contributed by atoms with Crippen LogP contribution in [0.3, 0.4) is 0 Å². The van der Waals surface area contributed by atoms with E-state index in [1.165, 1.54) is 125 Å². The second-order valence-corrected chi connectivity index (χ2v) is 14.3. The van der Waals surface area contributed by atoms with E-state index in [9.17, 15) is 0 Å². The largest absolute Gasteiger partial charge is 0.494 e. The van der Waals surface area contributed by atoms with Crippen LogP contribution in [0.5, 0.6) is 17.2 Å². The second kappa shape index (κ2) is 15.2. The van der Waals surface area contributed by atoms with Gasteiger partial charge in [0.25, 0.3) is 0 Å². The fourth-order valence-corrected chi connectivity index (χ4v) is 8.25. The van der Waals surface area contributed by atoms with Gasteiger partial charge in [0.2, 0.25) is 0 Å². The molecule has 0 atom stereocenters. The molecule has 7 rings (SSSR count). The molecular weight excluding hydrogens is 588 g/mol. The molecule has 0 radical (unpaired) electrons. The van der Waals surface area contributed by atoms with Gasteiger partial charge in [-0.05, 0) is 142 Å². The van der Waals surface area contributed by atoms with E-state index in [1.54, 1.807) is 0 Å². The number of rotatable bonds is 18. The second-order valence-electron chi connectivity index (χ2n) is 14.3. The van der Waals surface area contributed by atoms with Gasteiger partial charge in [0.05, 0.1) is 19.8 Å². The molecular formula is C45H54O3. The zero-order valence-corrected chi connectivity index (χ0v) is 29.6. The van der Waals surface area contributed by atoms with Crippen LogP contribution in [-0.4, -0.2) is 19.8 Å². The van der Waals surface area contributed by atoms with E-state index < -0.39 is 0 Å². The lowest BCUT2D eigenvalue weighted by Gasteiger charge is -2.18. The van der Waals surface area contributed by atoms with Crippen molar-refractivity contribution in [2.75, 3.05) is 19.8 Å². The number of fused-ring (bicyclic) bond motifs is 12. The van der Waals surface area contributed by atoms with Gasteiger partial charge in [0.1, 0.15) is 17.2 Å². The van der Waals surface area contributed by atoms with E-state index in [2.05, 4.69) is 75.4 Å². The number of hydrogen-bond donors (Lipinski definition) is 0. The normalized spacial score (nSPS) is 13.1. The Morgan fingerprint density at radius 3 is 1.00 bits per heavy atom. The lowest BCUT2D eigenvalue weighted by atomic mass is 9.86. The first kappa shape index (κ1) is 32.8. The molecule has 4 aromatic carbocycles. The Hall–Kier alpha value is -3.72. The van der Waals surface area contributed by atoms with Crippen molar-refractivity contribution in [2.45, 2.75) is 117 Å². The van der Waals surface area contributed by atoms with E-state index >= 15 is 0 Å². The molecule has 0 aliphatic heterocycles. The van der Waals surface area contributed by atoms with Crippen LogP contribution in [0.1, 0.15) is 131 Å². The van der Waals surface area contributed by atoms with Crippen LogP contribution in [0.2, 0.25) is 0 Å². The minimum absolute atomic E-state index is 0.787. The van der Waals surface area contributed by atoms with E-state index in [-0.39, 0.29) is 0 Å². The molecule has 0 aromatic heterocycles. The minimum atomic E-state index is 0.787. The fraction of sp³-hybridized carbons (Fsp3) is 0.467. The fourth-order valence-electron chi connectivity index (χ4n) is 8.25. The molecule has 48 heavy (non-hydrogen) atoms. The molecule has 0 spiro atoms. The van der Waals surface area contributed by atoms with E-state index in [4.69, 9.17) is 14.2 Å². The number of unbranched alkanes of at least 4 members (excludes halogenated alkanes) is 9. The SMILES string of the molecule is CCCCCCOc1ccc2c(c1)-c1c(c3c(c4c1Cc1ccc(OCCCCCC)cc1-4)Cc1ccc(OCCCCCC)cc1-3)C2. The van der Waals surface area contributed by atoms with Gasteiger partial charge in [0, 0.05) is 0 Å². The summed E-state index contributed by atoms with van der Waals surface area (Å²) in [6.45, 7) is 9.14. The summed E-state index contributed by atoms with van der Waals surface area (Å²) in [4.78, 5) is 0. The van der Waals surface area contributed by atoms with Crippen LogP contribution in [0.4, 0.5) is 0 Å². The van der Waals surface area contributed by atoms with Crippen molar-refractivity contribution in [1.29, 1.82) is 0 Å². The maximum absolute atomic E-state index is 6.35. The highest BCUT2D eigenvalue weighted by molar-refractivity contribution is 6.01. The minimum Gasteiger partial charge on any atom is -0.494 e. The lowest BCUT2D eigenvalue weighted by molar-refractivity contribution is 0.305. The summed E-state index contributed by atoms with van der Waals surface area (Å²) in [6.07, 6.45) is 17.5. The molecule has 0 fully saturated rings. The summed E-state index contributed by atoms with van der Waals surface area (Å²) in [7, 11) is 0. The summed E-state index contributed by atoms with van der Waals surface area (Å²) in [5, 5.41) is 0. The van der Waals surface area contributed by atoms with Crippen LogP contribution in [-0.2, 0) is 19.3 Å². The van der Waals surface area contributed by atoms with Crippen molar-refractivity contribution in [1.82, 2.24) is 0 Å². The van der Waals surface area contributed by atoms with Crippen molar-refractivity contribution < 1.29 is 14.2 Å². The van der Waals surface area contributed by atoms with Gasteiger partial charge in [0.15, 0.2) is 0 Å². The van der Waals surface area contributed by atoms with E-state index in [0.717, 1.165) is 75.6 Å². The van der Waals surface area contributed by atoms with Gasteiger partial charge in [-0.1, -0.05) is 96.8 Å². The van der Waals surface area contributed by atoms with Crippen molar-refractivity contribution in [3.63, 3.8) is 0 Å². The smallest absolute Gasteiger partial charge is 0.119 e. The van der Waals surface area contributed by atoms with Gasteiger partial charge in [-0.2, -0.15) is 0 Å². The number of benzene rings is 4. The maximum Gasteiger partial charge on any atom is 0.119 e. The van der Waals surface area contributed by atoms with Crippen molar-refractivity contribution in [3.05, 3.63) is 88.0 Å². The summed E-state index contributed by atoms with van der Waals surface area (Å²) in [5.41, 5.74) is 17.2. The Labute approximate surface area is 289 Å². The third kappa shape index (κ3) is 6.63. The van der Waals surface area contributed by atoms with Gasteiger partial charge >= 0.3 is 0 Å². The number of ether oxygens (including phenoxy) is 3. The highest BCUT2D eigenvalue weighted by atomic mass is 16.5. The molecule has 0 N–H and O–H groups in total. The first-order valence-electron chi connectivity index (χ1n) is 19.2. The highest BCUT2D eigenvalue weighted by Gasteiger charge is 2.37. The zero-order valence-electron chi connectivity index (χ0n) is 29.6. The molecule has 3 aliphatic carbocycles. The predicted molar refractivity (Wildman–Crippen MR) is 200 cm³/mol. The topological polar surface area (TPSA) is 27.7 Å². The standard InChI is InChI=1S/C45H54O3/c1-4-7-10-13-22-46-34-19-16-31-25-40-43(37(31)28-34)41-26-32-17-20-35(47-23-14-11-8-5-2)29-38(32)45(41)42-27-33-18-21-36(30-39(33)44(40)42)48-24-15-12-9-6-3/h16-21,28-30H,4-15,22-27H2,1-3H3. The van der Waals surface area contributed by atoms with Crippen molar-refractivity contribution in [2.24, 2.45) is 0 Å². The van der Waals surface area contributed by atoms with Crippen LogP contribution in [0, 0.1) is 0 Å². The van der Waals surface area contributed by atoms with Crippen molar-refractivity contribution in [3.8, 4) is 50.6 Å². The Morgan fingerprint density at radius 2 is 0.708 bits per heavy atom. The van der Waals surface area contributed by atoms with Crippen LogP contribution in [0.15, 0.2) is 54.6 Å². The van der Waals surface area contributed by atoms with Crippen molar-refractivity contribution >= 4 is 0 Å². The quantitative estimate of drug-likeness (QED) is 0.0872. The average molecular weight is 643 g/mol. The molecule has 0 saturated carbocycles. The van der Waals surface area contributed by atoms with Gasteiger partial charge < -0.3 is 14.2 Å². The third-order valence-electron chi connectivity index (χ3n) is 10.8. The van der Waals surface area contributed by atoms with Gasteiger partial charge in [-0.15, -0.1) is 0 Å². The molecule has 3 heteroatoms. The zero-order chi connectivity index (χ0) is 32.9. The molecule has 0 unspecified atom stereocenters. The lowest BCUT2D eigenvalue weighted by Crippen LogP contribution is -1.99. The van der Waals surface area contributed by atoms with Crippen LogP contribution >= 0.6 is 0 Å². The molecule has 3 nitrogen and oxygen atoms in total. The Balaban J connectivity index is 1.27. The Morgan fingerprint density at radius 1 is 0.396 bits per heavy atom. The van der Waals surface area contributed by atoms with E-state index in [0.29, 0.717) is 0 Å². The monoisotopic (exact) mass is 642 g/mol. The maximum atomic E-state index is 6.35. The first-order chi connectivity index (χ1) is 23.7. The summed E-state index contributed by atoms with van der Waals surface area (Å²) < 4.78 is 19.0. The Bertz CT molecular complexity index is 1520. The van der Waals surface area contributed by atoms with Crippen LogP contribution in [0.25, 0.3) is 33.4 Å². The Kier molecular flexibility index (Phi) is 10.4. The highest BCUT2D eigenvalue weighted by Crippen LogP contribution is 2.57. The molecule has 0 bridgehead atoms. The molecule has 4 aromatic rings. The van der Waals surface area contributed by atoms with Gasteiger partial charge in [-0.3, -0.25) is 0 Å². The summed E-state index contributed by atoms with van der Waals surface area (Å²) in [6, 6.07) is 20.6.